The highest BCUT2D eigenvalue weighted by atomic mass is 19.3. The van der Waals surface area contributed by atoms with Gasteiger partial charge in [0.2, 0.25) is 0 Å². The van der Waals surface area contributed by atoms with Crippen LogP contribution in [0.2, 0.25) is 0 Å². The Labute approximate surface area is 134 Å². The second kappa shape index (κ2) is 5.55. The van der Waals surface area contributed by atoms with Crippen molar-refractivity contribution in [3.05, 3.63) is 0 Å². The van der Waals surface area contributed by atoms with Crippen LogP contribution in [0.5, 0.6) is 0 Å². The average molecular weight is 330 g/mol. The van der Waals surface area contributed by atoms with E-state index in [-0.39, 0.29) is 29.8 Å². The Morgan fingerprint density at radius 2 is 1.91 bits per heavy atom. The lowest BCUT2D eigenvalue weighted by Gasteiger charge is -2.47. The molecule has 0 aromatic rings. The zero-order valence-corrected chi connectivity index (χ0v) is 13.3. The van der Waals surface area contributed by atoms with Crippen LogP contribution in [0.1, 0.15) is 32.1 Å². The van der Waals surface area contributed by atoms with Crippen molar-refractivity contribution in [2.75, 3.05) is 39.3 Å². The number of nitrogens with zero attached hydrogens (tertiary/aromatic N) is 2. The summed E-state index contributed by atoms with van der Waals surface area (Å²) >= 11 is 0. The molecule has 5 nitrogen and oxygen atoms in total. The van der Waals surface area contributed by atoms with Crippen molar-refractivity contribution in [1.82, 2.24) is 9.80 Å². The standard InChI is InChI=1S/C16H24F2N2O3/c17-13(18)7-19-8-15(9-19)5-6-20(10-15)14(21)23-12-1-3-16(4-2-12)11-22-16/h12-13H,1-11H2. The molecule has 130 valence electrons. The van der Waals surface area contributed by atoms with Gasteiger partial charge in [0.25, 0.3) is 6.43 Å². The minimum absolute atomic E-state index is 0.00518. The van der Waals surface area contributed by atoms with Crippen LogP contribution in [-0.2, 0) is 9.47 Å². The third-order valence-electron chi connectivity index (χ3n) is 5.87. The molecule has 0 N–H and O–H groups in total. The van der Waals surface area contributed by atoms with Gasteiger partial charge in [-0.05, 0) is 32.1 Å². The van der Waals surface area contributed by atoms with Crippen LogP contribution in [0.15, 0.2) is 0 Å². The van der Waals surface area contributed by atoms with E-state index >= 15 is 0 Å². The molecule has 0 atom stereocenters. The van der Waals surface area contributed by atoms with Crippen LogP contribution in [0.3, 0.4) is 0 Å². The summed E-state index contributed by atoms with van der Waals surface area (Å²) in [5.41, 5.74) is 0.132. The summed E-state index contributed by atoms with van der Waals surface area (Å²) in [5.74, 6) is 0. The number of likely N-dealkylation sites (tertiary alicyclic amines) is 2. The molecule has 0 bridgehead atoms. The fraction of sp³-hybridized carbons (Fsp3) is 0.938. The topological polar surface area (TPSA) is 45.3 Å². The predicted molar refractivity (Wildman–Crippen MR) is 78.5 cm³/mol. The van der Waals surface area contributed by atoms with Crippen molar-refractivity contribution in [3.8, 4) is 0 Å². The van der Waals surface area contributed by atoms with Crippen LogP contribution in [0.25, 0.3) is 0 Å². The molecule has 0 aromatic carbocycles. The van der Waals surface area contributed by atoms with E-state index in [1.807, 2.05) is 0 Å². The second-order valence-corrected chi connectivity index (χ2v) is 7.79. The SMILES string of the molecule is O=C(OC1CCC2(CC1)CO2)N1CCC2(CN(CC(F)F)C2)C1. The molecule has 4 rings (SSSR count). The molecule has 0 aromatic heterocycles. The number of hydrogen-bond acceptors (Lipinski definition) is 4. The normalized spacial score (nSPS) is 35.8. The first-order valence-electron chi connectivity index (χ1n) is 8.58. The molecule has 3 heterocycles. The maximum atomic E-state index is 12.4. The summed E-state index contributed by atoms with van der Waals surface area (Å²) in [4.78, 5) is 15.9. The van der Waals surface area contributed by atoms with Crippen molar-refractivity contribution in [3.63, 3.8) is 0 Å². The second-order valence-electron chi connectivity index (χ2n) is 7.79. The highest BCUT2D eigenvalue weighted by Crippen LogP contribution is 2.43. The Balaban J connectivity index is 1.22. The summed E-state index contributed by atoms with van der Waals surface area (Å²) < 4.78 is 35.9. The Bertz CT molecular complexity index is 468. The lowest BCUT2D eigenvalue weighted by molar-refractivity contribution is -0.0312. The van der Waals surface area contributed by atoms with Gasteiger partial charge in [0.05, 0.1) is 18.8 Å². The zero-order valence-electron chi connectivity index (χ0n) is 13.3. The van der Waals surface area contributed by atoms with Gasteiger partial charge in [-0.3, -0.25) is 4.90 Å². The fourth-order valence-electron chi connectivity index (χ4n) is 4.42. The van der Waals surface area contributed by atoms with Gasteiger partial charge in [0.15, 0.2) is 0 Å². The number of rotatable bonds is 3. The Hall–Kier alpha value is -0.950. The van der Waals surface area contributed by atoms with Gasteiger partial charge < -0.3 is 14.4 Å². The molecule has 7 heteroatoms. The quantitative estimate of drug-likeness (QED) is 0.744. The minimum Gasteiger partial charge on any atom is -0.446 e. The van der Waals surface area contributed by atoms with E-state index in [0.717, 1.165) is 38.7 Å². The van der Waals surface area contributed by atoms with Crippen LogP contribution >= 0.6 is 0 Å². The van der Waals surface area contributed by atoms with Crippen LogP contribution in [0.4, 0.5) is 13.6 Å². The Kier molecular flexibility index (Phi) is 3.76. The van der Waals surface area contributed by atoms with Gasteiger partial charge >= 0.3 is 6.09 Å². The zero-order chi connectivity index (χ0) is 16.1. The molecule has 1 saturated carbocycles. The van der Waals surface area contributed by atoms with Gasteiger partial charge in [-0.2, -0.15) is 0 Å². The molecule has 1 aliphatic carbocycles. The molecule has 0 unspecified atom stereocenters. The lowest BCUT2D eigenvalue weighted by Crippen LogP contribution is -2.58. The van der Waals surface area contributed by atoms with E-state index in [1.165, 1.54) is 0 Å². The largest absolute Gasteiger partial charge is 0.446 e. The van der Waals surface area contributed by atoms with Crippen LogP contribution in [0, 0.1) is 5.41 Å². The van der Waals surface area contributed by atoms with E-state index in [9.17, 15) is 13.6 Å². The first kappa shape index (κ1) is 15.6. The van der Waals surface area contributed by atoms with Crippen molar-refractivity contribution in [2.45, 2.75) is 50.2 Å². The van der Waals surface area contributed by atoms with E-state index in [1.54, 1.807) is 9.80 Å². The number of carbonyl (C=O) groups is 1. The third-order valence-corrected chi connectivity index (χ3v) is 5.87. The maximum absolute atomic E-state index is 12.4. The van der Waals surface area contributed by atoms with Gasteiger partial charge in [-0.1, -0.05) is 0 Å². The average Bonchev–Trinajstić information content (AvgIpc) is 3.07. The van der Waals surface area contributed by atoms with Gasteiger partial charge in [-0.15, -0.1) is 0 Å². The van der Waals surface area contributed by atoms with E-state index < -0.39 is 6.43 Å². The van der Waals surface area contributed by atoms with Crippen LogP contribution in [-0.4, -0.2) is 73.4 Å². The highest BCUT2D eigenvalue weighted by Gasteiger charge is 2.50. The maximum Gasteiger partial charge on any atom is 0.410 e. The number of carbonyl (C=O) groups excluding carboxylic acids is 1. The van der Waals surface area contributed by atoms with Crippen molar-refractivity contribution in [2.24, 2.45) is 5.41 Å². The molecule has 3 aliphatic heterocycles. The molecule has 4 aliphatic rings. The van der Waals surface area contributed by atoms with Gasteiger partial charge in [0, 0.05) is 31.6 Å². The number of alkyl halides is 2. The molecule has 23 heavy (non-hydrogen) atoms. The third kappa shape index (κ3) is 3.18. The first-order valence-corrected chi connectivity index (χ1v) is 8.58. The van der Waals surface area contributed by atoms with E-state index in [4.69, 9.17) is 9.47 Å². The molecule has 2 spiro atoms. The Morgan fingerprint density at radius 3 is 2.52 bits per heavy atom. The van der Waals surface area contributed by atoms with Gasteiger partial charge in [-0.25, -0.2) is 13.6 Å². The van der Waals surface area contributed by atoms with Crippen molar-refractivity contribution in [1.29, 1.82) is 0 Å². The highest BCUT2D eigenvalue weighted by molar-refractivity contribution is 5.68. The smallest absolute Gasteiger partial charge is 0.410 e. The summed E-state index contributed by atoms with van der Waals surface area (Å²) in [6.07, 6.45) is 2.12. The summed E-state index contributed by atoms with van der Waals surface area (Å²) in [6.45, 7) is 3.37. The molecular formula is C16H24F2N2O3. The van der Waals surface area contributed by atoms with Crippen LogP contribution < -0.4 is 0 Å². The number of halogens is 2. The monoisotopic (exact) mass is 330 g/mol. The lowest BCUT2D eigenvalue weighted by atomic mass is 9.79. The summed E-state index contributed by atoms with van der Waals surface area (Å²) in [5, 5.41) is 0. The molecule has 1 amide bonds. The molecule has 0 radical (unpaired) electrons. The summed E-state index contributed by atoms with van der Waals surface area (Å²) in [6, 6.07) is 0. The van der Waals surface area contributed by atoms with Crippen molar-refractivity contribution >= 4 is 6.09 Å². The van der Waals surface area contributed by atoms with E-state index in [2.05, 4.69) is 0 Å². The van der Waals surface area contributed by atoms with Gasteiger partial charge in [0.1, 0.15) is 6.10 Å². The van der Waals surface area contributed by atoms with Crippen molar-refractivity contribution < 1.29 is 23.0 Å². The predicted octanol–water partition coefficient (Wildman–Crippen LogP) is 2.11. The fourth-order valence-corrected chi connectivity index (χ4v) is 4.42. The molecule has 4 fully saturated rings. The minimum atomic E-state index is -2.28. The molecule has 3 saturated heterocycles. The number of amides is 1. The number of ether oxygens (including phenoxy) is 2. The summed E-state index contributed by atoms with van der Waals surface area (Å²) in [7, 11) is 0. The molecular weight excluding hydrogens is 306 g/mol. The first-order chi connectivity index (χ1) is 11.0. The van der Waals surface area contributed by atoms with E-state index in [0.29, 0.717) is 26.2 Å². The number of hydrogen-bond donors (Lipinski definition) is 0. The Morgan fingerprint density at radius 1 is 1.22 bits per heavy atom. The number of epoxide rings is 1.